The minimum atomic E-state index is -3.84. The highest BCUT2D eigenvalue weighted by atomic mass is 32.2. The van der Waals surface area contributed by atoms with Crippen molar-refractivity contribution in [2.75, 3.05) is 10.5 Å². The second kappa shape index (κ2) is 5.76. The van der Waals surface area contributed by atoms with E-state index in [1.165, 1.54) is 0 Å². The number of hydrogen-bond donors (Lipinski definition) is 2. The second-order valence-corrected chi connectivity index (χ2v) is 5.38. The van der Waals surface area contributed by atoms with Gasteiger partial charge in [0.05, 0.1) is 11.4 Å². The van der Waals surface area contributed by atoms with Gasteiger partial charge in [-0.25, -0.2) is 17.2 Å². The first-order valence-electron chi connectivity index (χ1n) is 4.97. The van der Waals surface area contributed by atoms with Gasteiger partial charge in [0.15, 0.2) is 0 Å². The van der Waals surface area contributed by atoms with E-state index in [4.69, 9.17) is 5.11 Å². The van der Waals surface area contributed by atoms with Crippen molar-refractivity contribution < 1.29 is 27.1 Å². The Labute approximate surface area is 102 Å². The Bertz CT molecular complexity index is 545. The van der Waals surface area contributed by atoms with Gasteiger partial charge in [-0.3, -0.25) is 9.52 Å². The summed E-state index contributed by atoms with van der Waals surface area (Å²) >= 11 is 0. The third-order valence-electron chi connectivity index (χ3n) is 2.00. The van der Waals surface area contributed by atoms with Gasteiger partial charge in [0.2, 0.25) is 10.0 Å². The molecule has 0 saturated carbocycles. The Kier molecular flexibility index (Phi) is 4.60. The number of anilines is 1. The number of benzene rings is 1. The molecule has 0 heterocycles. The highest BCUT2D eigenvalue weighted by Gasteiger charge is 2.14. The number of sulfonamides is 1. The van der Waals surface area contributed by atoms with Crippen LogP contribution in [0.4, 0.5) is 14.5 Å². The van der Waals surface area contributed by atoms with Crippen LogP contribution in [0.25, 0.3) is 0 Å². The number of rotatable bonds is 6. The van der Waals surface area contributed by atoms with Gasteiger partial charge in [-0.15, -0.1) is 0 Å². The predicted octanol–water partition coefficient (Wildman–Crippen LogP) is 1.57. The number of carbonyl (C=O) groups is 1. The number of nitrogens with one attached hydrogen (secondary N) is 1. The summed E-state index contributed by atoms with van der Waals surface area (Å²) in [6.07, 6.45) is -0.389. The van der Waals surface area contributed by atoms with Crippen molar-refractivity contribution in [3.8, 4) is 0 Å². The second-order valence-electron chi connectivity index (χ2n) is 3.54. The first-order valence-corrected chi connectivity index (χ1v) is 6.63. The Balaban J connectivity index is 2.67. The molecule has 0 radical (unpaired) electrons. The maximum Gasteiger partial charge on any atom is 0.303 e. The molecule has 0 saturated heterocycles. The largest absolute Gasteiger partial charge is 0.481 e. The molecule has 0 bridgehead atoms. The van der Waals surface area contributed by atoms with Crippen LogP contribution in [0.2, 0.25) is 0 Å². The van der Waals surface area contributed by atoms with Crippen LogP contribution in [-0.4, -0.2) is 25.2 Å². The molecule has 0 aliphatic heterocycles. The lowest BCUT2D eigenvalue weighted by molar-refractivity contribution is -0.137. The van der Waals surface area contributed by atoms with Crippen molar-refractivity contribution in [3.63, 3.8) is 0 Å². The van der Waals surface area contributed by atoms with Crippen molar-refractivity contribution in [3.05, 3.63) is 29.8 Å². The molecule has 1 aromatic carbocycles. The highest BCUT2D eigenvalue weighted by Crippen LogP contribution is 2.16. The number of aliphatic carboxylic acids is 1. The van der Waals surface area contributed by atoms with Crippen molar-refractivity contribution in [2.24, 2.45) is 0 Å². The van der Waals surface area contributed by atoms with Crippen LogP contribution < -0.4 is 4.72 Å². The van der Waals surface area contributed by atoms with E-state index in [0.717, 1.165) is 12.1 Å². The smallest absolute Gasteiger partial charge is 0.303 e. The molecule has 0 aliphatic rings. The molecule has 5 nitrogen and oxygen atoms in total. The fraction of sp³-hybridized carbons (Fsp3) is 0.300. The fourth-order valence-corrected chi connectivity index (χ4v) is 2.33. The first kappa shape index (κ1) is 14.4. The lowest BCUT2D eigenvalue weighted by Crippen LogP contribution is -2.18. The average molecular weight is 279 g/mol. The zero-order valence-corrected chi connectivity index (χ0v) is 10.0. The fourth-order valence-electron chi connectivity index (χ4n) is 1.20. The molecule has 0 atom stereocenters. The van der Waals surface area contributed by atoms with Crippen molar-refractivity contribution in [1.29, 1.82) is 0 Å². The zero-order chi connectivity index (χ0) is 13.8. The molecule has 8 heteroatoms. The number of carboxylic acids is 1. The van der Waals surface area contributed by atoms with Crippen LogP contribution in [0.5, 0.6) is 0 Å². The minimum absolute atomic E-state index is 0.0898. The maximum atomic E-state index is 13.2. The topological polar surface area (TPSA) is 83.5 Å². The molecular weight excluding hydrogens is 268 g/mol. The van der Waals surface area contributed by atoms with Gasteiger partial charge in [-0.2, -0.15) is 0 Å². The molecule has 0 amide bonds. The lowest BCUT2D eigenvalue weighted by atomic mass is 10.3. The molecule has 0 spiro atoms. The molecule has 0 unspecified atom stereocenters. The Morgan fingerprint density at radius 3 is 2.56 bits per heavy atom. The minimum Gasteiger partial charge on any atom is -0.481 e. The maximum absolute atomic E-state index is 13.2. The summed E-state index contributed by atoms with van der Waals surface area (Å²) in [6, 6.07) is 2.42. The van der Waals surface area contributed by atoms with E-state index in [1.807, 2.05) is 4.72 Å². The number of halogens is 2. The van der Waals surface area contributed by atoms with E-state index in [2.05, 4.69) is 0 Å². The standard InChI is InChI=1S/C10H11F2NO4S/c11-7-3-4-9(8(12)6-7)13-18(16,17)5-1-2-10(14)15/h3-4,6,13H,1-2,5H2,(H,14,15). The number of carboxylic acid groups (broad SMARTS) is 1. The highest BCUT2D eigenvalue weighted by molar-refractivity contribution is 7.92. The van der Waals surface area contributed by atoms with Gasteiger partial charge in [-0.1, -0.05) is 0 Å². The summed E-state index contributed by atoms with van der Waals surface area (Å²) in [6.45, 7) is 0. The monoisotopic (exact) mass is 279 g/mol. The summed E-state index contributed by atoms with van der Waals surface area (Å²) < 4.78 is 50.6. The Hall–Kier alpha value is -1.70. The van der Waals surface area contributed by atoms with Gasteiger partial charge < -0.3 is 5.11 Å². The summed E-state index contributed by atoms with van der Waals surface area (Å²) in [5.41, 5.74) is -0.369. The molecule has 0 aliphatic carbocycles. The van der Waals surface area contributed by atoms with E-state index in [-0.39, 0.29) is 18.5 Å². The normalized spacial score (nSPS) is 11.2. The predicted molar refractivity (Wildman–Crippen MR) is 60.6 cm³/mol. The molecule has 18 heavy (non-hydrogen) atoms. The molecule has 0 fully saturated rings. The van der Waals surface area contributed by atoms with Gasteiger partial charge in [0.1, 0.15) is 11.6 Å². The van der Waals surface area contributed by atoms with Crippen LogP contribution in [0.1, 0.15) is 12.8 Å². The molecule has 2 N–H and O–H groups in total. The molecule has 1 aromatic rings. The summed E-state index contributed by atoms with van der Waals surface area (Å²) in [4.78, 5) is 10.2. The van der Waals surface area contributed by atoms with Gasteiger partial charge in [0.25, 0.3) is 0 Å². The lowest BCUT2D eigenvalue weighted by Gasteiger charge is -2.08. The van der Waals surface area contributed by atoms with E-state index in [0.29, 0.717) is 6.07 Å². The van der Waals surface area contributed by atoms with Crippen LogP contribution in [0, 0.1) is 11.6 Å². The number of hydrogen-bond acceptors (Lipinski definition) is 3. The van der Waals surface area contributed by atoms with E-state index in [1.54, 1.807) is 0 Å². The van der Waals surface area contributed by atoms with E-state index in [9.17, 15) is 22.0 Å². The zero-order valence-electron chi connectivity index (χ0n) is 9.19. The molecule has 0 aromatic heterocycles. The van der Waals surface area contributed by atoms with Crippen LogP contribution >= 0.6 is 0 Å². The average Bonchev–Trinajstić information content (AvgIpc) is 2.21. The van der Waals surface area contributed by atoms with Gasteiger partial charge in [0, 0.05) is 12.5 Å². The Morgan fingerprint density at radius 1 is 1.33 bits per heavy atom. The van der Waals surface area contributed by atoms with Crippen molar-refractivity contribution >= 4 is 21.7 Å². The SMILES string of the molecule is O=C(O)CCCS(=O)(=O)Nc1ccc(F)cc1F. The quantitative estimate of drug-likeness (QED) is 0.828. The summed E-state index contributed by atoms with van der Waals surface area (Å²) in [5.74, 6) is -3.41. The Morgan fingerprint density at radius 2 is 2.00 bits per heavy atom. The van der Waals surface area contributed by atoms with Crippen molar-refractivity contribution in [2.45, 2.75) is 12.8 Å². The third kappa shape index (κ3) is 4.66. The first-order chi connectivity index (χ1) is 8.30. The molecule has 1 rings (SSSR count). The molecule has 100 valence electrons. The van der Waals surface area contributed by atoms with Crippen LogP contribution in [0.3, 0.4) is 0 Å². The summed E-state index contributed by atoms with van der Waals surface area (Å²) in [7, 11) is -3.84. The van der Waals surface area contributed by atoms with E-state index >= 15 is 0 Å². The van der Waals surface area contributed by atoms with Gasteiger partial charge >= 0.3 is 5.97 Å². The summed E-state index contributed by atoms with van der Waals surface area (Å²) in [5, 5.41) is 8.36. The van der Waals surface area contributed by atoms with Crippen LogP contribution in [-0.2, 0) is 14.8 Å². The third-order valence-corrected chi connectivity index (χ3v) is 3.36. The van der Waals surface area contributed by atoms with Crippen molar-refractivity contribution in [1.82, 2.24) is 0 Å². The van der Waals surface area contributed by atoms with E-state index < -0.39 is 33.4 Å². The molecular formula is C10H11F2NO4S. The van der Waals surface area contributed by atoms with Crippen LogP contribution in [0.15, 0.2) is 18.2 Å². The van der Waals surface area contributed by atoms with Gasteiger partial charge in [-0.05, 0) is 18.6 Å².